The number of hydrogen-bond acceptors (Lipinski definition) is 7. The Morgan fingerprint density at radius 1 is 0.964 bits per heavy atom. The van der Waals surface area contributed by atoms with Gasteiger partial charge in [0.2, 0.25) is 10.0 Å². The zero-order valence-electron chi connectivity index (χ0n) is 15.2. The highest BCUT2D eigenvalue weighted by Gasteiger charge is 2.27. The zero-order chi connectivity index (χ0) is 20.1. The van der Waals surface area contributed by atoms with E-state index in [1.807, 2.05) is 0 Å². The van der Waals surface area contributed by atoms with Gasteiger partial charge in [-0.25, -0.2) is 18.0 Å². The van der Waals surface area contributed by atoms with Crippen molar-refractivity contribution in [3.63, 3.8) is 0 Å². The number of morpholine rings is 1. The maximum absolute atomic E-state index is 12.7. The number of ether oxygens (including phenoxy) is 3. The summed E-state index contributed by atoms with van der Waals surface area (Å²) < 4.78 is 41.8. The van der Waals surface area contributed by atoms with Gasteiger partial charge in [-0.05, 0) is 42.5 Å². The zero-order valence-corrected chi connectivity index (χ0v) is 16.0. The minimum Gasteiger partial charge on any atom is -0.465 e. The fourth-order valence-corrected chi connectivity index (χ4v) is 4.12. The van der Waals surface area contributed by atoms with Gasteiger partial charge in [0.15, 0.2) is 0 Å². The molecular weight excluding hydrogens is 386 g/mol. The molecule has 3 rings (SSSR count). The Morgan fingerprint density at radius 3 is 2.29 bits per heavy atom. The Morgan fingerprint density at radius 2 is 1.64 bits per heavy atom. The van der Waals surface area contributed by atoms with Gasteiger partial charge in [-0.3, -0.25) is 0 Å². The maximum Gasteiger partial charge on any atom is 0.343 e. The van der Waals surface area contributed by atoms with Crippen molar-refractivity contribution in [2.45, 2.75) is 4.90 Å². The number of esters is 2. The number of carbonyl (C=O) groups is 2. The van der Waals surface area contributed by atoms with Crippen molar-refractivity contribution in [1.82, 2.24) is 4.31 Å². The lowest BCUT2D eigenvalue weighted by molar-refractivity contribution is 0.0600. The number of sulfonamides is 1. The van der Waals surface area contributed by atoms with Gasteiger partial charge in [-0.2, -0.15) is 4.31 Å². The van der Waals surface area contributed by atoms with E-state index in [1.54, 1.807) is 0 Å². The topological polar surface area (TPSA) is 99.2 Å². The summed E-state index contributed by atoms with van der Waals surface area (Å²) in [6, 6.07) is 11.5. The van der Waals surface area contributed by atoms with Crippen LogP contribution in [0.1, 0.15) is 20.7 Å². The molecule has 0 aliphatic carbocycles. The molecule has 1 aliphatic heterocycles. The van der Waals surface area contributed by atoms with Crippen LogP contribution >= 0.6 is 0 Å². The van der Waals surface area contributed by atoms with Crippen LogP contribution in [-0.2, 0) is 19.5 Å². The van der Waals surface area contributed by atoms with Gasteiger partial charge in [0.05, 0.1) is 36.3 Å². The molecule has 0 aromatic heterocycles. The third-order valence-corrected chi connectivity index (χ3v) is 6.06. The second-order valence-electron chi connectivity index (χ2n) is 5.95. The minimum absolute atomic E-state index is 0.0184. The fourth-order valence-electron chi connectivity index (χ4n) is 2.66. The van der Waals surface area contributed by atoms with Crippen LogP contribution in [0, 0.1) is 0 Å². The van der Waals surface area contributed by atoms with Gasteiger partial charge in [0.1, 0.15) is 5.75 Å². The normalized spacial score (nSPS) is 15.0. The molecule has 0 N–H and O–H groups in total. The standard InChI is InChI=1S/C19H19NO7S/c1-25-18(21)14-5-7-16(8-6-14)27-19(22)15-3-2-4-17(13-15)28(23,24)20-9-11-26-12-10-20/h2-8,13H,9-12H2,1H3. The van der Waals surface area contributed by atoms with Crippen molar-refractivity contribution in [1.29, 1.82) is 0 Å². The first-order valence-electron chi connectivity index (χ1n) is 8.50. The Bertz CT molecular complexity index is 964. The van der Waals surface area contributed by atoms with Crippen LogP contribution in [0.15, 0.2) is 53.4 Å². The molecule has 0 amide bonds. The van der Waals surface area contributed by atoms with Crippen LogP contribution in [0.4, 0.5) is 0 Å². The molecule has 0 saturated carbocycles. The number of rotatable bonds is 5. The predicted octanol–water partition coefficient (Wildman–Crippen LogP) is 1.71. The van der Waals surface area contributed by atoms with Crippen molar-refractivity contribution < 1.29 is 32.2 Å². The Labute approximate surface area is 162 Å². The number of hydrogen-bond donors (Lipinski definition) is 0. The molecule has 2 aromatic carbocycles. The van der Waals surface area contributed by atoms with Crippen LogP contribution in [0.3, 0.4) is 0 Å². The summed E-state index contributed by atoms with van der Waals surface area (Å²) in [6.45, 7) is 1.21. The number of carbonyl (C=O) groups excluding carboxylic acids is 2. The van der Waals surface area contributed by atoms with E-state index in [4.69, 9.17) is 9.47 Å². The van der Waals surface area contributed by atoms with Crippen molar-refractivity contribution in [2.75, 3.05) is 33.4 Å². The summed E-state index contributed by atoms with van der Waals surface area (Å²) in [5, 5.41) is 0. The van der Waals surface area contributed by atoms with Gasteiger partial charge >= 0.3 is 11.9 Å². The first-order chi connectivity index (χ1) is 13.4. The van der Waals surface area contributed by atoms with E-state index in [1.165, 1.54) is 59.9 Å². The highest BCUT2D eigenvalue weighted by molar-refractivity contribution is 7.89. The molecule has 1 heterocycles. The van der Waals surface area contributed by atoms with Gasteiger partial charge in [-0.15, -0.1) is 0 Å². The van der Waals surface area contributed by atoms with E-state index in [2.05, 4.69) is 4.74 Å². The lowest BCUT2D eigenvalue weighted by Crippen LogP contribution is -2.40. The van der Waals surface area contributed by atoms with Gasteiger partial charge in [0.25, 0.3) is 0 Å². The van der Waals surface area contributed by atoms with E-state index in [-0.39, 0.29) is 29.3 Å². The summed E-state index contributed by atoms with van der Waals surface area (Å²) in [5.74, 6) is -0.983. The summed E-state index contributed by atoms with van der Waals surface area (Å²) in [7, 11) is -2.44. The van der Waals surface area contributed by atoms with E-state index in [0.717, 1.165) is 0 Å². The second kappa shape index (κ2) is 8.51. The van der Waals surface area contributed by atoms with E-state index < -0.39 is 22.0 Å². The molecular formula is C19H19NO7S. The average molecular weight is 405 g/mol. The Hall–Kier alpha value is -2.75. The Kier molecular flexibility index (Phi) is 6.08. The van der Waals surface area contributed by atoms with Crippen LogP contribution < -0.4 is 4.74 Å². The molecule has 0 spiro atoms. The quantitative estimate of drug-likeness (QED) is 0.552. The molecule has 9 heteroatoms. The van der Waals surface area contributed by atoms with Crippen LogP contribution in [0.5, 0.6) is 5.75 Å². The second-order valence-corrected chi connectivity index (χ2v) is 7.89. The predicted molar refractivity (Wildman–Crippen MR) is 98.8 cm³/mol. The smallest absolute Gasteiger partial charge is 0.343 e. The highest BCUT2D eigenvalue weighted by Crippen LogP contribution is 2.20. The van der Waals surface area contributed by atoms with Crippen LogP contribution in [0.25, 0.3) is 0 Å². The van der Waals surface area contributed by atoms with Crippen molar-refractivity contribution >= 4 is 22.0 Å². The van der Waals surface area contributed by atoms with E-state index >= 15 is 0 Å². The molecule has 0 radical (unpaired) electrons. The molecule has 1 aliphatic rings. The summed E-state index contributed by atoms with van der Waals surface area (Å²) in [5.41, 5.74) is 0.423. The number of methoxy groups -OCH3 is 1. The lowest BCUT2D eigenvalue weighted by Gasteiger charge is -2.26. The summed E-state index contributed by atoms with van der Waals surface area (Å²) in [6.07, 6.45) is 0. The third kappa shape index (κ3) is 4.38. The van der Waals surface area contributed by atoms with Gasteiger partial charge < -0.3 is 14.2 Å². The number of nitrogens with zero attached hydrogens (tertiary/aromatic N) is 1. The van der Waals surface area contributed by atoms with Crippen molar-refractivity contribution in [2.24, 2.45) is 0 Å². The average Bonchev–Trinajstić information content (AvgIpc) is 2.74. The van der Waals surface area contributed by atoms with Crippen molar-refractivity contribution in [3.8, 4) is 5.75 Å². The molecule has 0 unspecified atom stereocenters. The SMILES string of the molecule is COC(=O)c1ccc(OC(=O)c2cccc(S(=O)(=O)N3CCOCC3)c2)cc1. The number of benzene rings is 2. The minimum atomic E-state index is -3.71. The van der Waals surface area contributed by atoms with Gasteiger partial charge in [0, 0.05) is 13.1 Å². The molecule has 8 nitrogen and oxygen atoms in total. The van der Waals surface area contributed by atoms with E-state index in [0.29, 0.717) is 18.8 Å². The largest absolute Gasteiger partial charge is 0.465 e. The molecule has 1 saturated heterocycles. The molecule has 0 bridgehead atoms. The fraction of sp³-hybridized carbons (Fsp3) is 0.263. The first kappa shape index (κ1) is 20.0. The summed E-state index contributed by atoms with van der Waals surface area (Å²) >= 11 is 0. The van der Waals surface area contributed by atoms with Crippen LogP contribution in [0.2, 0.25) is 0 Å². The molecule has 0 atom stereocenters. The lowest BCUT2D eigenvalue weighted by atomic mass is 10.2. The van der Waals surface area contributed by atoms with E-state index in [9.17, 15) is 18.0 Å². The highest BCUT2D eigenvalue weighted by atomic mass is 32.2. The summed E-state index contributed by atoms with van der Waals surface area (Å²) in [4.78, 5) is 23.9. The van der Waals surface area contributed by atoms with Crippen LogP contribution in [-0.4, -0.2) is 58.1 Å². The van der Waals surface area contributed by atoms with Crippen molar-refractivity contribution in [3.05, 3.63) is 59.7 Å². The Balaban J connectivity index is 1.76. The first-order valence-corrected chi connectivity index (χ1v) is 9.94. The molecule has 28 heavy (non-hydrogen) atoms. The maximum atomic E-state index is 12.7. The molecule has 1 fully saturated rings. The third-order valence-electron chi connectivity index (χ3n) is 4.16. The molecule has 148 valence electrons. The molecule has 2 aromatic rings. The van der Waals surface area contributed by atoms with Gasteiger partial charge in [-0.1, -0.05) is 6.07 Å². The monoisotopic (exact) mass is 405 g/mol.